The van der Waals surface area contributed by atoms with E-state index in [4.69, 9.17) is 4.74 Å². The fourth-order valence-electron chi connectivity index (χ4n) is 2.24. The zero-order valence-electron chi connectivity index (χ0n) is 12.2. The molecule has 2 aromatic rings. The normalized spacial score (nSPS) is 12.3. The Kier molecular flexibility index (Phi) is 5.62. The van der Waals surface area contributed by atoms with Gasteiger partial charge in [0, 0.05) is 32.1 Å². The predicted octanol–water partition coefficient (Wildman–Crippen LogP) is 2.96. The quantitative estimate of drug-likeness (QED) is 0.803. The molecule has 0 fully saturated rings. The van der Waals surface area contributed by atoms with Crippen LogP contribution >= 0.6 is 0 Å². The highest BCUT2D eigenvalue weighted by molar-refractivity contribution is 5.27. The smallest absolute Gasteiger partial charge is 0.203 e. The molecule has 1 aromatic carbocycles. The molecule has 1 heterocycles. The monoisotopic (exact) mass is 273 g/mol. The van der Waals surface area contributed by atoms with Crippen LogP contribution in [-0.2, 0) is 17.7 Å². The number of benzene rings is 1. The molecule has 1 N–H and O–H groups in total. The lowest BCUT2D eigenvalue weighted by Crippen LogP contribution is -2.23. The van der Waals surface area contributed by atoms with Crippen LogP contribution < -0.4 is 5.32 Å². The van der Waals surface area contributed by atoms with Crippen molar-refractivity contribution >= 4 is 5.95 Å². The molecule has 0 saturated heterocycles. The lowest BCUT2D eigenvalue weighted by molar-refractivity contribution is 0.190. The van der Waals surface area contributed by atoms with Crippen LogP contribution in [0.4, 0.5) is 5.95 Å². The van der Waals surface area contributed by atoms with Gasteiger partial charge in [-0.25, -0.2) is 4.98 Å². The molecule has 1 atom stereocenters. The van der Waals surface area contributed by atoms with Crippen molar-refractivity contribution in [2.75, 3.05) is 19.0 Å². The SMILES string of the molecule is COCC(C)Nc1nccn1CCCc1ccccc1. The van der Waals surface area contributed by atoms with Crippen LogP contribution in [0.3, 0.4) is 0 Å². The Morgan fingerprint density at radius 3 is 2.85 bits per heavy atom. The van der Waals surface area contributed by atoms with Gasteiger partial charge in [0.25, 0.3) is 0 Å². The summed E-state index contributed by atoms with van der Waals surface area (Å²) < 4.78 is 7.29. The first-order valence-electron chi connectivity index (χ1n) is 7.10. The standard InChI is InChI=1S/C16H23N3O/c1-14(13-20-2)18-16-17-10-12-19(16)11-6-9-15-7-4-3-5-8-15/h3-5,7-8,10,12,14H,6,9,11,13H2,1-2H3,(H,17,18). The third-order valence-corrected chi connectivity index (χ3v) is 3.21. The largest absolute Gasteiger partial charge is 0.383 e. The highest BCUT2D eigenvalue weighted by atomic mass is 16.5. The number of rotatable bonds is 8. The van der Waals surface area contributed by atoms with E-state index in [2.05, 4.69) is 52.1 Å². The second kappa shape index (κ2) is 7.70. The highest BCUT2D eigenvalue weighted by Crippen LogP contribution is 2.09. The fraction of sp³-hybridized carbons (Fsp3) is 0.438. The van der Waals surface area contributed by atoms with Gasteiger partial charge in [-0.1, -0.05) is 30.3 Å². The van der Waals surface area contributed by atoms with E-state index in [1.807, 2.05) is 12.4 Å². The third kappa shape index (κ3) is 4.38. The maximum Gasteiger partial charge on any atom is 0.203 e. The number of aryl methyl sites for hydroxylation is 2. The summed E-state index contributed by atoms with van der Waals surface area (Å²) in [5, 5.41) is 3.37. The number of aromatic nitrogens is 2. The summed E-state index contributed by atoms with van der Waals surface area (Å²) in [4.78, 5) is 4.36. The maximum absolute atomic E-state index is 5.13. The highest BCUT2D eigenvalue weighted by Gasteiger charge is 2.06. The van der Waals surface area contributed by atoms with E-state index >= 15 is 0 Å². The van der Waals surface area contributed by atoms with Crippen molar-refractivity contribution in [3.8, 4) is 0 Å². The lowest BCUT2D eigenvalue weighted by atomic mass is 10.1. The second-order valence-corrected chi connectivity index (χ2v) is 5.03. The van der Waals surface area contributed by atoms with E-state index in [1.165, 1.54) is 5.56 Å². The van der Waals surface area contributed by atoms with Crippen LogP contribution in [0.15, 0.2) is 42.7 Å². The van der Waals surface area contributed by atoms with Gasteiger partial charge in [0.15, 0.2) is 0 Å². The van der Waals surface area contributed by atoms with Gasteiger partial charge in [0.1, 0.15) is 0 Å². The van der Waals surface area contributed by atoms with Crippen molar-refractivity contribution in [3.63, 3.8) is 0 Å². The average molecular weight is 273 g/mol. The minimum Gasteiger partial charge on any atom is -0.383 e. The zero-order chi connectivity index (χ0) is 14.2. The molecular formula is C16H23N3O. The summed E-state index contributed by atoms with van der Waals surface area (Å²) in [6.07, 6.45) is 6.05. The summed E-state index contributed by atoms with van der Waals surface area (Å²) in [7, 11) is 1.71. The summed E-state index contributed by atoms with van der Waals surface area (Å²) in [5.41, 5.74) is 1.38. The molecular weight excluding hydrogens is 250 g/mol. The summed E-state index contributed by atoms with van der Waals surface area (Å²) in [6, 6.07) is 10.8. The Balaban J connectivity index is 1.83. The fourth-order valence-corrected chi connectivity index (χ4v) is 2.24. The molecule has 1 aromatic heterocycles. The Morgan fingerprint density at radius 1 is 1.30 bits per heavy atom. The van der Waals surface area contributed by atoms with Crippen molar-refractivity contribution in [2.45, 2.75) is 32.4 Å². The van der Waals surface area contributed by atoms with Crippen molar-refractivity contribution < 1.29 is 4.74 Å². The molecule has 0 spiro atoms. The first kappa shape index (κ1) is 14.6. The minimum absolute atomic E-state index is 0.260. The molecule has 0 radical (unpaired) electrons. The first-order valence-corrected chi connectivity index (χ1v) is 7.10. The van der Waals surface area contributed by atoms with Gasteiger partial charge in [-0.05, 0) is 25.3 Å². The average Bonchev–Trinajstić information content (AvgIpc) is 2.88. The number of imidazole rings is 1. The Bertz CT molecular complexity index is 495. The van der Waals surface area contributed by atoms with Crippen LogP contribution in [-0.4, -0.2) is 29.3 Å². The second-order valence-electron chi connectivity index (χ2n) is 5.03. The number of nitrogens with zero attached hydrogens (tertiary/aromatic N) is 2. The minimum atomic E-state index is 0.260. The van der Waals surface area contributed by atoms with Gasteiger partial charge in [-0.2, -0.15) is 0 Å². The lowest BCUT2D eigenvalue weighted by Gasteiger charge is -2.15. The van der Waals surface area contributed by atoms with E-state index in [0.717, 1.165) is 25.3 Å². The maximum atomic E-state index is 5.13. The molecule has 4 nitrogen and oxygen atoms in total. The summed E-state index contributed by atoms with van der Waals surface area (Å²) in [5.74, 6) is 0.919. The number of nitrogens with one attached hydrogen (secondary N) is 1. The molecule has 4 heteroatoms. The molecule has 108 valence electrons. The molecule has 1 unspecified atom stereocenters. The van der Waals surface area contributed by atoms with Crippen molar-refractivity contribution in [1.29, 1.82) is 0 Å². The Labute approximate surface area is 120 Å². The summed E-state index contributed by atoms with van der Waals surface area (Å²) >= 11 is 0. The molecule has 0 aliphatic rings. The first-order chi connectivity index (χ1) is 9.79. The van der Waals surface area contributed by atoms with E-state index in [9.17, 15) is 0 Å². The van der Waals surface area contributed by atoms with Crippen LogP contribution in [0.25, 0.3) is 0 Å². The van der Waals surface area contributed by atoms with E-state index in [0.29, 0.717) is 6.61 Å². The molecule has 0 bridgehead atoms. The van der Waals surface area contributed by atoms with Crippen LogP contribution in [0, 0.1) is 0 Å². The van der Waals surface area contributed by atoms with Gasteiger partial charge in [-0.15, -0.1) is 0 Å². The number of anilines is 1. The van der Waals surface area contributed by atoms with Crippen LogP contribution in [0.2, 0.25) is 0 Å². The summed E-state index contributed by atoms with van der Waals surface area (Å²) in [6.45, 7) is 3.74. The van der Waals surface area contributed by atoms with Crippen molar-refractivity contribution in [3.05, 3.63) is 48.3 Å². The Hall–Kier alpha value is -1.81. The predicted molar refractivity (Wildman–Crippen MR) is 82.0 cm³/mol. The molecule has 0 saturated carbocycles. The van der Waals surface area contributed by atoms with Gasteiger partial charge in [0.2, 0.25) is 5.95 Å². The number of hydrogen-bond donors (Lipinski definition) is 1. The van der Waals surface area contributed by atoms with Crippen molar-refractivity contribution in [1.82, 2.24) is 9.55 Å². The number of hydrogen-bond acceptors (Lipinski definition) is 3. The van der Waals surface area contributed by atoms with Gasteiger partial charge in [-0.3, -0.25) is 0 Å². The van der Waals surface area contributed by atoms with E-state index < -0.39 is 0 Å². The molecule has 2 rings (SSSR count). The Morgan fingerprint density at radius 2 is 2.10 bits per heavy atom. The third-order valence-electron chi connectivity index (χ3n) is 3.21. The van der Waals surface area contributed by atoms with Crippen LogP contribution in [0.5, 0.6) is 0 Å². The number of ether oxygens (including phenoxy) is 1. The molecule has 0 aliphatic carbocycles. The van der Waals surface area contributed by atoms with Crippen LogP contribution in [0.1, 0.15) is 18.9 Å². The van der Waals surface area contributed by atoms with Gasteiger partial charge >= 0.3 is 0 Å². The zero-order valence-corrected chi connectivity index (χ0v) is 12.2. The van der Waals surface area contributed by atoms with E-state index in [1.54, 1.807) is 7.11 Å². The van der Waals surface area contributed by atoms with Gasteiger partial charge < -0.3 is 14.6 Å². The van der Waals surface area contributed by atoms with Crippen molar-refractivity contribution in [2.24, 2.45) is 0 Å². The topological polar surface area (TPSA) is 39.1 Å². The molecule has 0 amide bonds. The number of methoxy groups -OCH3 is 1. The van der Waals surface area contributed by atoms with Gasteiger partial charge in [0.05, 0.1) is 6.61 Å². The van der Waals surface area contributed by atoms with E-state index in [-0.39, 0.29) is 6.04 Å². The molecule has 0 aliphatic heterocycles. The molecule has 20 heavy (non-hydrogen) atoms.